The van der Waals surface area contributed by atoms with E-state index in [2.05, 4.69) is 19.3 Å². The van der Waals surface area contributed by atoms with Crippen LogP contribution in [0.15, 0.2) is 18.2 Å². The number of carbonyl (C=O) groups is 1. The molecule has 1 aliphatic rings. The first-order chi connectivity index (χ1) is 9.44. The summed E-state index contributed by atoms with van der Waals surface area (Å²) in [5.41, 5.74) is 3.24. The minimum Gasteiger partial charge on any atom is -0.320 e. The van der Waals surface area contributed by atoms with E-state index in [1.807, 2.05) is 32.0 Å². The third-order valence-corrected chi connectivity index (χ3v) is 4.88. The Kier molecular flexibility index (Phi) is 4.48. The molecule has 3 nitrogen and oxygen atoms in total. The molecule has 0 radical (unpaired) electrons. The summed E-state index contributed by atoms with van der Waals surface area (Å²) in [5, 5.41) is 3.15. The minimum atomic E-state index is 0.00862. The standard InChI is InChI=1S/C17H26N2O/c1-13-9-8-10-14(2)16(13)18-17(20)15(3)19(4)11-6-5-7-12-19/h8-10,15H,5-7,11-12H2,1-4H3/p+1. The second kappa shape index (κ2) is 5.96. The van der Waals surface area contributed by atoms with E-state index in [-0.39, 0.29) is 11.9 Å². The van der Waals surface area contributed by atoms with Gasteiger partial charge in [-0.2, -0.15) is 0 Å². The van der Waals surface area contributed by atoms with Crippen LogP contribution in [0.4, 0.5) is 5.69 Å². The lowest BCUT2D eigenvalue weighted by Crippen LogP contribution is -2.58. The Balaban J connectivity index is 2.11. The minimum absolute atomic E-state index is 0.00862. The lowest BCUT2D eigenvalue weighted by Gasteiger charge is -2.41. The molecule has 110 valence electrons. The number of carbonyl (C=O) groups excluding carboxylic acids is 1. The zero-order chi connectivity index (χ0) is 14.8. The number of nitrogens with one attached hydrogen (secondary N) is 1. The number of likely N-dealkylation sites (tertiary alicyclic amines) is 1. The Hall–Kier alpha value is -1.35. The van der Waals surface area contributed by atoms with Gasteiger partial charge in [0.2, 0.25) is 0 Å². The number of anilines is 1. The number of likely N-dealkylation sites (N-methyl/N-ethyl adjacent to an activating group) is 1. The molecule has 1 fully saturated rings. The van der Waals surface area contributed by atoms with Gasteiger partial charge in [-0.05, 0) is 51.2 Å². The van der Waals surface area contributed by atoms with E-state index in [0.717, 1.165) is 34.4 Å². The highest BCUT2D eigenvalue weighted by Crippen LogP contribution is 2.23. The Morgan fingerprint density at radius 2 is 1.70 bits per heavy atom. The van der Waals surface area contributed by atoms with Gasteiger partial charge in [-0.25, -0.2) is 0 Å². The van der Waals surface area contributed by atoms with Gasteiger partial charge in [0.15, 0.2) is 6.04 Å². The molecule has 20 heavy (non-hydrogen) atoms. The van der Waals surface area contributed by atoms with Crippen LogP contribution in [0, 0.1) is 13.8 Å². The van der Waals surface area contributed by atoms with Crippen molar-refractivity contribution in [3.05, 3.63) is 29.3 Å². The van der Waals surface area contributed by atoms with Crippen molar-refractivity contribution < 1.29 is 9.28 Å². The monoisotopic (exact) mass is 275 g/mol. The zero-order valence-electron chi connectivity index (χ0n) is 13.2. The van der Waals surface area contributed by atoms with Crippen LogP contribution < -0.4 is 5.32 Å². The smallest absolute Gasteiger partial charge is 0.282 e. The van der Waals surface area contributed by atoms with Crippen LogP contribution in [0.25, 0.3) is 0 Å². The molecule has 1 N–H and O–H groups in total. The van der Waals surface area contributed by atoms with Crippen molar-refractivity contribution in [2.45, 2.75) is 46.1 Å². The van der Waals surface area contributed by atoms with E-state index in [4.69, 9.17) is 0 Å². The first-order valence-electron chi connectivity index (χ1n) is 7.65. The summed E-state index contributed by atoms with van der Waals surface area (Å²) >= 11 is 0. The lowest BCUT2D eigenvalue weighted by molar-refractivity contribution is -0.926. The van der Waals surface area contributed by atoms with E-state index in [0.29, 0.717) is 0 Å². The highest BCUT2D eigenvalue weighted by molar-refractivity contribution is 5.95. The molecule has 0 spiro atoms. The Labute approximate surface area is 122 Å². The maximum Gasteiger partial charge on any atom is 0.282 e. The van der Waals surface area contributed by atoms with Gasteiger partial charge in [0.05, 0.1) is 20.1 Å². The van der Waals surface area contributed by atoms with Gasteiger partial charge in [0.25, 0.3) is 5.91 Å². The number of piperidine rings is 1. The molecule has 3 heteroatoms. The number of aryl methyl sites for hydroxylation is 2. The van der Waals surface area contributed by atoms with Crippen molar-refractivity contribution in [2.24, 2.45) is 0 Å². The third kappa shape index (κ3) is 3.04. The SMILES string of the molecule is Cc1cccc(C)c1NC(=O)C(C)[N+]1(C)CCCCC1. The van der Waals surface area contributed by atoms with Crippen molar-refractivity contribution in [3.63, 3.8) is 0 Å². The van der Waals surface area contributed by atoms with Gasteiger partial charge >= 0.3 is 0 Å². The fourth-order valence-electron chi connectivity index (χ4n) is 3.14. The quantitative estimate of drug-likeness (QED) is 0.843. The maximum absolute atomic E-state index is 12.6. The fourth-order valence-corrected chi connectivity index (χ4v) is 3.14. The van der Waals surface area contributed by atoms with Crippen LogP contribution in [0.5, 0.6) is 0 Å². The number of amides is 1. The molecule has 1 saturated heterocycles. The summed E-state index contributed by atoms with van der Waals surface area (Å²) < 4.78 is 0.872. The van der Waals surface area contributed by atoms with Crippen molar-refractivity contribution in [1.29, 1.82) is 0 Å². The summed E-state index contributed by atoms with van der Waals surface area (Å²) in [6.07, 6.45) is 3.77. The fraction of sp³-hybridized carbons (Fsp3) is 0.588. The molecular weight excluding hydrogens is 248 g/mol. The van der Waals surface area contributed by atoms with Crippen molar-refractivity contribution in [3.8, 4) is 0 Å². The largest absolute Gasteiger partial charge is 0.320 e. The predicted molar refractivity (Wildman–Crippen MR) is 83.8 cm³/mol. The third-order valence-electron chi connectivity index (χ3n) is 4.88. The molecule has 0 saturated carbocycles. The molecule has 1 atom stereocenters. The topological polar surface area (TPSA) is 29.1 Å². The van der Waals surface area contributed by atoms with Crippen LogP contribution in [0.1, 0.15) is 37.3 Å². The van der Waals surface area contributed by atoms with Crippen LogP contribution in [-0.4, -0.2) is 36.6 Å². The molecule has 1 amide bonds. The van der Waals surface area contributed by atoms with Crippen LogP contribution in [-0.2, 0) is 4.79 Å². The van der Waals surface area contributed by atoms with Gasteiger partial charge in [-0.1, -0.05) is 18.2 Å². The summed E-state index contributed by atoms with van der Waals surface area (Å²) in [4.78, 5) is 12.6. The number of hydrogen-bond donors (Lipinski definition) is 1. The maximum atomic E-state index is 12.6. The second-order valence-electron chi connectivity index (χ2n) is 6.42. The number of para-hydroxylation sites is 1. The van der Waals surface area contributed by atoms with Gasteiger partial charge < -0.3 is 9.80 Å². The number of benzene rings is 1. The van der Waals surface area contributed by atoms with Gasteiger partial charge in [0, 0.05) is 5.69 Å². The average Bonchev–Trinajstić information content (AvgIpc) is 2.43. The molecular formula is C17H27N2O+. The van der Waals surface area contributed by atoms with E-state index >= 15 is 0 Å². The Morgan fingerprint density at radius 1 is 1.15 bits per heavy atom. The second-order valence-corrected chi connectivity index (χ2v) is 6.42. The van der Waals surface area contributed by atoms with E-state index in [1.165, 1.54) is 19.3 Å². The van der Waals surface area contributed by atoms with Crippen molar-refractivity contribution in [2.75, 3.05) is 25.5 Å². The number of rotatable bonds is 3. The van der Waals surface area contributed by atoms with Gasteiger partial charge in [0.1, 0.15) is 0 Å². The normalized spacial score (nSPS) is 19.4. The summed E-state index contributed by atoms with van der Waals surface area (Å²) in [7, 11) is 2.22. The first kappa shape index (κ1) is 15.0. The average molecular weight is 275 g/mol. The predicted octanol–water partition coefficient (Wildman–Crippen LogP) is 3.26. The summed E-state index contributed by atoms with van der Waals surface area (Å²) in [6, 6.07) is 6.13. The molecule has 1 heterocycles. The lowest BCUT2D eigenvalue weighted by atomic mass is 10.0. The molecule has 0 aromatic heterocycles. The Bertz CT molecular complexity index is 470. The molecule has 0 bridgehead atoms. The van der Waals surface area contributed by atoms with Crippen LogP contribution in [0.3, 0.4) is 0 Å². The highest BCUT2D eigenvalue weighted by Gasteiger charge is 2.35. The molecule has 1 aromatic rings. The van der Waals surface area contributed by atoms with E-state index in [9.17, 15) is 4.79 Å². The molecule has 2 rings (SSSR count). The highest BCUT2D eigenvalue weighted by atomic mass is 16.2. The Morgan fingerprint density at radius 3 is 2.25 bits per heavy atom. The molecule has 1 aliphatic heterocycles. The number of hydrogen-bond acceptors (Lipinski definition) is 1. The summed E-state index contributed by atoms with van der Waals surface area (Å²) in [6.45, 7) is 8.38. The van der Waals surface area contributed by atoms with Crippen LogP contribution in [0.2, 0.25) is 0 Å². The van der Waals surface area contributed by atoms with E-state index < -0.39 is 0 Å². The number of quaternary nitrogens is 1. The van der Waals surface area contributed by atoms with Crippen molar-refractivity contribution in [1.82, 2.24) is 0 Å². The molecule has 1 aromatic carbocycles. The number of nitrogens with zero attached hydrogens (tertiary/aromatic N) is 1. The zero-order valence-corrected chi connectivity index (χ0v) is 13.2. The van der Waals surface area contributed by atoms with Gasteiger partial charge in [-0.3, -0.25) is 4.79 Å². The van der Waals surface area contributed by atoms with Crippen molar-refractivity contribution >= 4 is 11.6 Å². The van der Waals surface area contributed by atoms with Gasteiger partial charge in [-0.15, -0.1) is 0 Å². The van der Waals surface area contributed by atoms with E-state index in [1.54, 1.807) is 0 Å². The molecule has 0 aliphatic carbocycles. The summed E-state index contributed by atoms with van der Waals surface area (Å²) in [5.74, 6) is 0.145. The van der Waals surface area contributed by atoms with Crippen LogP contribution >= 0.6 is 0 Å². The molecule has 1 unspecified atom stereocenters. The first-order valence-corrected chi connectivity index (χ1v) is 7.65.